The molecule has 1 heterocycles. The van der Waals surface area contributed by atoms with E-state index in [0.717, 1.165) is 18.6 Å². The summed E-state index contributed by atoms with van der Waals surface area (Å²) in [5, 5.41) is 12.3. The van der Waals surface area contributed by atoms with Crippen molar-refractivity contribution in [2.45, 2.75) is 26.2 Å². The van der Waals surface area contributed by atoms with Crippen molar-refractivity contribution < 1.29 is 23.8 Å². The van der Waals surface area contributed by atoms with Gasteiger partial charge in [0.05, 0.1) is 18.4 Å². The number of halogens is 1. The minimum absolute atomic E-state index is 0.175. The Bertz CT molecular complexity index is 724. The molecule has 25 heavy (non-hydrogen) atoms. The van der Waals surface area contributed by atoms with Gasteiger partial charge in [0.1, 0.15) is 17.9 Å². The van der Waals surface area contributed by atoms with Crippen molar-refractivity contribution in [3.8, 4) is 5.75 Å². The van der Waals surface area contributed by atoms with Crippen LogP contribution in [-0.4, -0.2) is 30.1 Å². The predicted octanol–water partition coefficient (Wildman–Crippen LogP) is 3.46. The van der Waals surface area contributed by atoms with Gasteiger partial charge < -0.3 is 19.6 Å². The fourth-order valence-electron chi connectivity index (χ4n) is 2.31. The van der Waals surface area contributed by atoms with E-state index in [0.29, 0.717) is 29.3 Å². The molecule has 0 saturated heterocycles. The molecular formula is C18H20ClNO5. The third-order valence-corrected chi connectivity index (χ3v) is 3.78. The number of carboxylic acids is 1. The van der Waals surface area contributed by atoms with Crippen LogP contribution in [0.1, 0.15) is 34.5 Å². The first-order valence-electron chi connectivity index (χ1n) is 7.92. The van der Waals surface area contributed by atoms with E-state index in [9.17, 15) is 9.59 Å². The summed E-state index contributed by atoms with van der Waals surface area (Å²) >= 11 is 5.80. The van der Waals surface area contributed by atoms with E-state index in [2.05, 4.69) is 5.32 Å². The Kier molecular flexibility index (Phi) is 6.89. The van der Waals surface area contributed by atoms with Crippen molar-refractivity contribution in [1.29, 1.82) is 0 Å². The highest BCUT2D eigenvalue weighted by Crippen LogP contribution is 2.18. The summed E-state index contributed by atoms with van der Waals surface area (Å²) in [4.78, 5) is 23.0. The zero-order valence-electron chi connectivity index (χ0n) is 13.9. The molecule has 0 radical (unpaired) electrons. The number of unbranched alkanes of at least 4 members (excludes halogenated alkanes) is 1. The Morgan fingerprint density at radius 3 is 2.64 bits per heavy atom. The summed E-state index contributed by atoms with van der Waals surface area (Å²) in [6, 6.07) is 7.13. The van der Waals surface area contributed by atoms with Crippen LogP contribution in [0.15, 0.2) is 34.9 Å². The number of carboxylic acid groups (broad SMARTS) is 1. The van der Waals surface area contributed by atoms with Gasteiger partial charge in [0.15, 0.2) is 0 Å². The van der Waals surface area contributed by atoms with Gasteiger partial charge in [0.2, 0.25) is 0 Å². The number of carbonyl (C=O) groups is 2. The van der Waals surface area contributed by atoms with Crippen molar-refractivity contribution in [3.05, 3.63) is 52.4 Å². The van der Waals surface area contributed by atoms with Crippen LogP contribution in [0.2, 0.25) is 5.02 Å². The lowest BCUT2D eigenvalue weighted by Gasteiger charge is -2.08. The number of furan rings is 1. The molecule has 0 aliphatic heterocycles. The molecule has 0 fully saturated rings. The molecule has 7 heteroatoms. The fraction of sp³-hybridized carbons (Fsp3) is 0.333. The molecule has 1 aromatic heterocycles. The Labute approximate surface area is 150 Å². The first-order valence-corrected chi connectivity index (χ1v) is 8.30. The van der Waals surface area contributed by atoms with E-state index < -0.39 is 5.97 Å². The summed E-state index contributed by atoms with van der Waals surface area (Å²) in [7, 11) is 0. The van der Waals surface area contributed by atoms with Gasteiger partial charge in [-0.2, -0.15) is 0 Å². The summed E-state index contributed by atoms with van der Waals surface area (Å²) in [5.74, 6) is -0.432. The van der Waals surface area contributed by atoms with E-state index >= 15 is 0 Å². The van der Waals surface area contributed by atoms with Crippen molar-refractivity contribution in [2.75, 3.05) is 13.2 Å². The third-order valence-electron chi connectivity index (χ3n) is 3.53. The molecule has 0 bridgehead atoms. The average molecular weight is 366 g/mol. The molecule has 2 aromatic rings. The van der Waals surface area contributed by atoms with Crippen LogP contribution in [0, 0.1) is 6.92 Å². The minimum Gasteiger partial charge on any atom is -0.494 e. The third kappa shape index (κ3) is 5.83. The van der Waals surface area contributed by atoms with E-state index in [1.54, 1.807) is 31.2 Å². The molecular weight excluding hydrogens is 346 g/mol. The maximum Gasteiger partial charge on any atom is 0.311 e. The number of aryl methyl sites for hydroxylation is 1. The van der Waals surface area contributed by atoms with Crippen LogP contribution in [0.4, 0.5) is 0 Å². The van der Waals surface area contributed by atoms with E-state index in [1.807, 2.05) is 0 Å². The number of carbonyl (C=O) groups excluding carboxylic acids is 1. The Morgan fingerprint density at radius 2 is 1.96 bits per heavy atom. The van der Waals surface area contributed by atoms with Crippen LogP contribution in [0.5, 0.6) is 5.75 Å². The molecule has 0 saturated carbocycles. The fourth-order valence-corrected chi connectivity index (χ4v) is 2.43. The minimum atomic E-state index is -1.04. The number of hydrogen-bond acceptors (Lipinski definition) is 4. The van der Waals surface area contributed by atoms with E-state index in [4.69, 9.17) is 25.9 Å². The summed E-state index contributed by atoms with van der Waals surface area (Å²) in [6.45, 7) is 2.72. The molecule has 1 aromatic carbocycles. The first-order chi connectivity index (χ1) is 12.0. The number of nitrogens with one attached hydrogen (secondary N) is 1. The molecule has 6 nitrogen and oxygen atoms in total. The molecule has 2 rings (SSSR count). The Morgan fingerprint density at radius 1 is 1.24 bits per heavy atom. The van der Waals surface area contributed by atoms with Crippen LogP contribution >= 0.6 is 11.6 Å². The lowest BCUT2D eigenvalue weighted by Crippen LogP contribution is -2.26. The molecule has 134 valence electrons. The highest BCUT2D eigenvalue weighted by Gasteiger charge is 2.20. The van der Waals surface area contributed by atoms with Crippen LogP contribution in [-0.2, 0) is 11.2 Å². The number of rotatable bonds is 9. The quantitative estimate of drug-likeness (QED) is 0.664. The number of benzene rings is 1. The largest absolute Gasteiger partial charge is 0.494 e. The lowest BCUT2D eigenvalue weighted by atomic mass is 10.1. The van der Waals surface area contributed by atoms with Gasteiger partial charge in [0, 0.05) is 17.1 Å². The number of aliphatic carboxylic acids is 1. The second-order valence-electron chi connectivity index (χ2n) is 5.55. The van der Waals surface area contributed by atoms with Gasteiger partial charge in [-0.15, -0.1) is 0 Å². The van der Waals surface area contributed by atoms with Gasteiger partial charge in [-0.25, -0.2) is 0 Å². The molecule has 0 unspecified atom stereocenters. The standard InChI is InChI=1S/C18H20ClNO5/c1-12-11-25-15(10-16(21)22)17(12)18(23)20-8-2-3-9-24-14-6-4-13(19)5-7-14/h4-7,11H,2-3,8-10H2,1H3,(H,20,23)(H,21,22). The summed E-state index contributed by atoms with van der Waals surface area (Å²) in [6.07, 6.45) is 2.60. The van der Waals surface area contributed by atoms with Crippen molar-refractivity contribution >= 4 is 23.5 Å². The second kappa shape index (κ2) is 9.13. The van der Waals surface area contributed by atoms with Crippen LogP contribution in [0.3, 0.4) is 0 Å². The number of ether oxygens (including phenoxy) is 1. The molecule has 0 spiro atoms. The Balaban J connectivity index is 1.71. The van der Waals surface area contributed by atoms with Gasteiger partial charge in [-0.05, 0) is 44.0 Å². The molecule has 0 aliphatic rings. The maximum atomic E-state index is 12.2. The van der Waals surface area contributed by atoms with Crippen LogP contribution in [0.25, 0.3) is 0 Å². The summed E-state index contributed by atoms with van der Waals surface area (Å²) in [5.41, 5.74) is 0.930. The van der Waals surface area contributed by atoms with Crippen LogP contribution < -0.4 is 10.1 Å². The first kappa shape index (κ1) is 18.9. The van der Waals surface area contributed by atoms with Gasteiger partial charge in [-0.1, -0.05) is 11.6 Å². The van der Waals surface area contributed by atoms with E-state index in [1.165, 1.54) is 6.26 Å². The highest BCUT2D eigenvalue weighted by atomic mass is 35.5. The van der Waals surface area contributed by atoms with Crippen molar-refractivity contribution in [3.63, 3.8) is 0 Å². The smallest absolute Gasteiger partial charge is 0.311 e. The van der Waals surface area contributed by atoms with E-state index in [-0.39, 0.29) is 18.1 Å². The number of hydrogen-bond donors (Lipinski definition) is 2. The predicted molar refractivity (Wildman–Crippen MR) is 93.3 cm³/mol. The number of amides is 1. The topological polar surface area (TPSA) is 88.8 Å². The second-order valence-corrected chi connectivity index (χ2v) is 5.99. The van der Waals surface area contributed by atoms with Crippen molar-refractivity contribution in [1.82, 2.24) is 5.32 Å². The lowest BCUT2D eigenvalue weighted by molar-refractivity contribution is -0.136. The highest BCUT2D eigenvalue weighted by molar-refractivity contribution is 6.30. The summed E-state index contributed by atoms with van der Waals surface area (Å²) < 4.78 is 10.7. The molecule has 0 atom stereocenters. The molecule has 1 amide bonds. The van der Waals surface area contributed by atoms with Crippen molar-refractivity contribution in [2.24, 2.45) is 0 Å². The maximum absolute atomic E-state index is 12.2. The zero-order valence-corrected chi connectivity index (χ0v) is 14.6. The monoisotopic (exact) mass is 365 g/mol. The average Bonchev–Trinajstić information content (AvgIpc) is 2.92. The molecule has 0 aliphatic carbocycles. The zero-order chi connectivity index (χ0) is 18.2. The van der Waals surface area contributed by atoms with Gasteiger partial charge >= 0.3 is 5.97 Å². The van der Waals surface area contributed by atoms with Gasteiger partial charge in [0.25, 0.3) is 5.91 Å². The Hall–Kier alpha value is -2.47. The SMILES string of the molecule is Cc1coc(CC(=O)O)c1C(=O)NCCCCOc1ccc(Cl)cc1. The van der Waals surface area contributed by atoms with Gasteiger partial charge in [-0.3, -0.25) is 9.59 Å². The molecule has 2 N–H and O–H groups in total. The normalized spacial score (nSPS) is 10.5.